The Labute approximate surface area is 137 Å². The van der Waals surface area contributed by atoms with E-state index in [1.807, 2.05) is 30.3 Å². The summed E-state index contributed by atoms with van der Waals surface area (Å²) in [5, 5.41) is 2.53. The SMILES string of the molecule is O=C(Nc1ccccc1F)c1occc1CSc1ccccc1. The number of rotatable bonds is 5. The maximum Gasteiger partial charge on any atom is 0.291 e. The van der Waals surface area contributed by atoms with E-state index >= 15 is 0 Å². The molecule has 3 rings (SSSR count). The van der Waals surface area contributed by atoms with E-state index < -0.39 is 11.7 Å². The average molecular weight is 327 g/mol. The fourth-order valence-electron chi connectivity index (χ4n) is 2.07. The monoisotopic (exact) mass is 327 g/mol. The van der Waals surface area contributed by atoms with Gasteiger partial charge in [-0.3, -0.25) is 4.79 Å². The summed E-state index contributed by atoms with van der Waals surface area (Å²) in [6.07, 6.45) is 1.47. The molecule has 0 saturated carbocycles. The number of carbonyl (C=O) groups excluding carboxylic acids is 1. The van der Waals surface area contributed by atoms with E-state index in [2.05, 4.69) is 5.32 Å². The molecule has 116 valence electrons. The molecule has 3 nitrogen and oxygen atoms in total. The van der Waals surface area contributed by atoms with Crippen LogP contribution in [0.4, 0.5) is 10.1 Å². The van der Waals surface area contributed by atoms with Gasteiger partial charge in [0.1, 0.15) is 5.82 Å². The molecule has 3 aromatic rings. The molecule has 0 bridgehead atoms. The van der Waals surface area contributed by atoms with Crippen LogP contribution in [-0.2, 0) is 5.75 Å². The van der Waals surface area contributed by atoms with Crippen LogP contribution in [0.3, 0.4) is 0 Å². The molecule has 0 atom stereocenters. The summed E-state index contributed by atoms with van der Waals surface area (Å²) in [4.78, 5) is 13.4. The molecule has 0 unspecified atom stereocenters. The van der Waals surface area contributed by atoms with Crippen LogP contribution in [0.25, 0.3) is 0 Å². The molecule has 5 heteroatoms. The highest BCUT2D eigenvalue weighted by atomic mass is 32.2. The Morgan fingerprint density at radius 1 is 1.04 bits per heavy atom. The largest absolute Gasteiger partial charge is 0.459 e. The van der Waals surface area contributed by atoms with Crippen LogP contribution in [0.5, 0.6) is 0 Å². The lowest BCUT2D eigenvalue weighted by molar-refractivity contribution is 0.0995. The molecule has 1 amide bonds. The van der Waals surface area contributed by atoms with Crippen LogP contribution in [0.1, 0.15) is 16.1 Å². The van der Waals surface area contributed by atoms with Gasteiger partial charge < -0.3 is 9.73 Å². The van der Waals surface area contributed by atoms with Crippen LogP contribution in [0.15, 0.2) is 76.2 Å². The van der Waals surface area contributed by atoms with Gasteiger partial charge in [0.05, 0.1) is 12.0 Å². The number of hydrogen-bond acceptors (Lipinski definition) is 3. The number of amides is 1. The normalized spacial score (nSPS) is 10.5. The average Bonchev–Trinajstić information content (AvgIpc) is 3.05. The molecule has 0 aliphatic heterocycles. The van der Waals surface area contributed by atoms with Crippen LogP contribution in [0.2, 0.25) is 0 Å². The molecule has 23 heavy (non-hydrogen) atoms. The van der Waals surface area contributed by atoms with E-state index in [1.165, 1.54) is 18.4 Å². The third-order valence-electron chi connectivity index (χ3n) is 3.21. The summed E-state index contributed by atoms with van der Waals surface area (Å²) in [6, 6.07) is 17.7. The Balaban J connectivity index is 1.70. The van der Waals surface area contributed by atoms with Crippen molar-refractivity contribution in [1.29, 1.82) is 0 Å². The fraction of sp³-hybridized carbons (Fsp3) is 0.0556. The first-order valence-corrected chi connectivity index (χ1v) is 8.02. The van der Waals surface area contributed by atoms with Gasteiger partial charge in [-0.1, -0.05) is 30.3 Å². The topological polar surface area (TPSA) is 42.2 Å². The highest BCUT2D eigenvalue weighted by molar-refractivity contribution is 7.98. The lowest BCUT2D eigenvalue weighted by atomic mass is 10.2. The maximum absolute atomic E-state index is 13.6. The van der Waals surface area contributed by atoms with Crippen LogP contribution >= 0.6 is 11.8 Å². The van der Waals surface area contributed by atoms with Crippen LogP contribution in [-0.4, -0.2) is 5.91 Å². The second kappa shape index (κ2) is 7.15. The number of benzene rings is 2. The zero-order valence-corrected chi connectivity index (χ0v) is 13.0. The van der Waals surface area contributed by atoms with Gasteiger partial charge in [0, 0.05) is 16.2 Å². The summed E-state index contributed by atoms with van der Waals surface area (Å²) < 4.78 is 18.9. The Morgan fingerprint density at radius 3 is 2.57 bits per heavy atom. The number of hydrogen-bond donors (Lipinski definition) is 1. The van der Waals surface area contributed by atoms with Gasteiger partial charge in [0.2, 0.25) is 0 Å². The third-order valence-corrected chi connectivity index (χ3v) is 4.27. The Hall–Kier alpha value is -2.53. The Bertz CT molecular complexity index is 802. The van der Waals surface area contributed by atoms with Gasteiger partial charge in [-0.25, -0.2) is 4.39 Å². The lowest BCUT2D eigenvalue weighted by Gasteiger charge is -2.06. The second-order valence-corrected chi connectivity index (χ2v) is 5.86. The van der Waals surface area contributed by atoms with Crippen molar-refractivity contribution in [3.05, 3.63) is 84.1 Å². The highest BCUT2D eigenvalue weighted by Gasteiger charge is 2.17. The molecule has 1 heterocycles. The number of furan rings is 1. The van der Waals surface area contributed by atoms with Crippen molar-refractivity contribution in [3.8, 4) is 0 Å². The van der Waals surface area contributed by atoms with Crippen molar-refractivity contribution < 1.29 is 13.6 Å². The zero-order chi connectivity index (χ0) is 16.1. The summed E-state index contributed by atoms with van der Waals surface area (Å²) >= 11 is 1.61. The van der Waals surface area contributed by atoms with Crippen molar-refractivity contribution in [2.75, 3.05) is 5.32 Å². The highest BCUT2D eigenvalue weighted by Crippen LogP contribution is 2.25. The number of carbonyl (C=O) groups is 1. The summed E-state index contributed by atoms with van der Waals surface area (Å²) in [5.41, 5.74) is 0.906. The molecule has 0 radical (unpaired) electrons. The quantitative estimate of drug-likeness (QED) is 0.673. The number of anilines is 1. The molecule has 0 fully saturated rings. The Kier molecular flexibility index (Phi) is 4.78. The molecular weight excluding hydrogens is 313 g/mol. The minimum Gasteiger partial charge on any atom is -0.459 e. The van der Waals surface area contributed by atoms with Crippen molar-refractivity contribution in [3.63, 3.8) is 0 Å². The predicted octanol–water partition coefficient (Wildman–Crippen LogP) is 4.96. The van der Waals surface area contributed by atoms with E-state index in [0.717, 1.165) is 10.5 Å². The second-order valence-electron chi connectivity index (χ2n) is 4.81. The molecule has 1 N–H and O–H groups in total. The first-order valence-electron chi connectivity index (χ1n) is 7.04. The zero-order valence-electron chi connectivity index (χ0n) is 12.2. The Morgan fingerprint density at radius 2 is 1.78 bits per heavy atom. The molecule has 0 spiro atoms. The summed E-state index contributed by atoms with van der Waals surface area (Å²) in [6.45, 7) is 0. The van der Waals surface area contributed by atoms with E-state index in [4.69, 9.17) is 4.42 Å². The number of thioether (sulfide) groups is 1. The fourth-order valence-corrected chi connectivity index (χ4v) is 2.97. The van der Waals surface area contributed by atoms with E-state index in [-0.39, 0.29) is 11.4 Å². The van der Waals surface area contributed by atoms with Gasteiger partial charge >= 0.3 is 0 Å². The standard InChI is InChI=1S/C18H14FNO2S/c19-15-8-4-5-9-16(15)20-18(21)17-13(10-11-22-17)12-23-14-6-2-1-3-7-14/h1-11H,12H2,(H,20,21). The molecular formula is C18H14FNO2S. The number of nitrogens with one attached hydrogen (secondary N) is 1. The third kappa shape index (κ3) is 3.81. The number of para-hydroxylation sites is 1. The first-order chi connectivity index (χ1) is 11.2. The van der Waals surface area contributed by atoms with Crippen molar-refractivity contribution in [1.82, 2.24) is 0 Å². The molecule has 1 aromatic heterocycles. The van der Waals surface area contributed by atoms with Gasteiger partial charge in [-0.05, 0) is 30.3 Å². The van der Waals surface area contributed by atoms with Crippen molar-refractivity contribution in [2.24, 2.45) is 0 Å². The van der Waals surface area contributed by atoms with Crippen molar-refractivity contribution >= 4 is 23.4 Å². The van der Waals surface area contributed by atoms with E-state index in [9.17, 15) is 9.18 Å². The van der Waals surface area contributed by atoms with Gasteiger partial charge in [0.15, 0.2) is 5.76 Å². The predicted molar refractivity (Wildman–Crippen MR) is 89.1 cm³/mol. The minimum atomic E-state index is -0.479. The van der Waals surface area contributed by atoms with E-state index in [0.29, 0.717) is 5.75 Å². The van der Waals surface area contributed by atoms with Gasteiger partial charge in [-0.15, -0.1) is 11.8 Å². The van der Waals surface area contributed by atoms with Crippen LogP contribution < -0.4 is 5.32 Å². The summed E-state index contributed by atoms with van der Waals surface area (Å²) in [7, 11) is 0. The molecule has 2 aromatic carbocycles. The maximum atomic E-state index is 13.6. The van der Waals surface area contributed by atoms with Crippen LogP contribution in [0, 0.1) is 5.82 Å². The smallest absolute Gasteiger partial charge is 0.291 e. The van der Waals surface area contributed by atoms with Gasteiger partial charge in [0.25, 0.3) is 5.91 Å². The molecule has 0 aliphatic rings. The molecule has 0 aliphatic carbocycles. The molecule has 0 saturated heterocycles. The van der Waals surface area contributed by atoms with E-state index in [1.54, 1.807) is 30.0 Å². The van der Waals surface area contributed by atoms with Crippen molar-refractivity contribution in [2.45, 2.75) is 10.6 Å². The minimum absolute atomic E-state index is 0.135. The summed E-state index contributed by atoms with van der Waals surface area (Å²) in [5.74, 6) is -0.131. The van der Waals surface area contributed by atoms with Gasteiger partial charge in [-0.2, -0.15) is 0 Å². The first kappa shape index (κ1) is 15.4. The lowest BCUT2D eigenvalue weighted by Crippen LogP contribution is -2.13. The number of halogens is 1.